The van der Waals surface area contributed by atoms with Crippen molar-refractivity contribution < 1.29 is 14.4 Å². The van der Waals surface area contributed by atoms with Crippen LogP contribution in [0.2, 0.25) is 0 Å². The van der Waals surface area contributed by atoms with E-state index in [2.05, 4.69) is 16.0 Å². The molecule has 0 aliphatic heterocycles. The van der Waals surface area contributed by atoms with Crippen LogP contribution in [0, 0.1) is 0 Å². The third-order valence-corrected chi connectivity index (χ3v) is 3.32. The molecular formula is C18H20N4O3. The first-order chi connectivity index (χ1) is 12.0. The van der Waals surface area contributed by atoms with Gasteiger partial charge in [-0.05, 0) is 29.8 Å². The molecule has 0 aliphatic carbocycles. The molecule has 0 aromatic heterocycles. The van der Waals surface area contributed by atoms with E-state index in [1.807, 2.05) is 30.3 Å². The molecule has 0 unspecified atom stereocenters. The fraction of sp³-hybridized carbons (Fsp3) is 0.167. The molecule has 0 atom stereocenters. The van der Waals surface area contributed by atoms with Gasteiger partial charge in [-0.25, -0.2) is 4.79 Å². The Balaban J connectivity index is 1.70. The van der Waals surface area contributed by atoms with Crippen LogP contribution in [0.1, 0.15) is 12.0 Å². The maximum atomic E-state index is 11.9. The zero-order chi connectivity index (χ0) is 18.1. The van der Waals surface area contributed by atoms with Crippen molar-refractivity contribution in [3.8, 4) is 0 Å². The van der Waals surface area contributed by atoms with Crippen molar-refractivity contribution >= 4 is 29.2 Å². The van der Waals surface area contributed by atoms with Crippen molar-refractivity contribution in [3.63, 3.8) is 0 Å². The minimum Gasteiger partial charge on any atom is -0.355 e. The first-order valence-corrected chi connectivity index (χ1v) is 7.80. The van der Waals surface area contributed by atoms with Crippen molar-refractivity contribution in [2.45, 2.75) is 12.8 Å². The topological polar surface area (TPSA) is 113 Å². The highest BCUT2D eigenvalue weighted by atomic mass is 16.2. The molecule has 0 spiro atoms. The fourth-order valence-electron chi connectivity index (χ4n) is 2.16. The number of hydrogen-bond donors (Lipinski definition) is 4. The molecule has 0 radical (unpaired) electrons. The molecule has 7 nitrogen and oxygen atoms in total. The largest absolute Gasteiger partial charge is 0.355 e. The van der Waals surface area contributed by atoms with Gasteiger partial charge in [-0.3, -0.25) is 9.59 Å². The molecule has 0 saturated carbocycles. The summed E-state index contributed by atoms with van der Waals surface area (Å²) in [5.74, 6) is -0.337. The number of rotatable bonds is 7. The Hall–Kier alpha value is -3.35. The fourth-order valence-corrected chi connectivity index (χ4v) is 2.16. The molecule has 2 aromatic rings. The minimum absolute atomic E-state index is 0.124. The number of urea groups is 1. The highest BCUT2D eigenvalue weighted by Gasteiger charge is 2.06. The number of nitrogens with one attached hydrogen (secondary N) is 3. The lowest BCUT2D eigenvalue weighted by Gasteiger charge is -2.08. The lowest BCUT2D eigenvalue weighted by molar-refractivity contribution is -0.120. The van der Waals surface area contributed by atoms with Crippen molar-refractivity contribution in [3.05, 3.63) is 60.2 Å². The number of primary amides is 1. The molecule has 7 heteroatoms. The molecule has 0 heterocycles. The molecule has 4 amide bonds. The molecule has 0 bridgehead atoms. The minimum atomic E-state index is -0.650. The Morgan fingerprint density at radius 3 is 2.00 bits per heavy atom. The van der Waals surface area contributed by atoms with Crippen LogP contribution >= 0.6 is 0 Å². The summed E-state index contributed by atoms with van der Waals surface area (Å²) < 4.78 is 0. The highest BCUT2D eigenvalue weighted by Crippen LogP contribution is 2.13. The lowest BCUT2D eigenvalue weighted by atomic mass is 10.1. The zero-order valence-corrected chi connectivity index (χ0v) is 13.6. The number of anilines is 2. The van der Waals surface area contributed by atoms with Crippen LogP contribution in [0.4, 0.5) is 16.2 Å². The van der Waals surface area contributed by atoms with E-state index < -0.39 is 6.03 Å². The summed E-state index contributed by atoms with van der Waals surface area (Å²) in [6.07, 6.45) is 0.457. The van der Waals surface area contributed by atoms with E-state index in [9.17, 15) is 14.4 Å². The quantitative estimate of drug-likeness (QED) is 0.617. The van der Waals surface area contributed by atoms with Gasteiger partial charge >= 0.3 is 6.03 Å². The Bertz CT molecular complexity index is 730. The average molecular weight is 340 g/mol. The Kier molecular flexibility index (Phi) is 6.53. The Morgan fingerprint density at radius 1 is 0.800 bits per heavy atom. The van der Waals surface area contributed by atoms with Crippen LogP contribution in [0.3, 0.4) is 0 Å². The lowest BCUT2D eigenvalue weighted by Crippen LogP contribution is -2.28. The van der Waals surface area contributed by atoms with E-state index in [0.29, 0.717) is 11.4 Å². The standard InChI is InChI=1S/C18H20N4O3/c19-18(25)22-15-8-6-14(7-9-15)21-16(23)10-11-20-17(24)12-13-4-2-1-3-5-13/h1-9H,10-12H2,(H,20,24)(H,21,23)(H3,19,22,25). The number of nitrogens with two attached hydrogens (primary N) is 1. The SMILES string of the molecule is NC(=O)Nc1ccc(NC(=O)CCNC(=O)Cc2ccccc2)cc1. The molecule has 2 rings (SSSR count). The van der Waals surface area contributed by atoms with Crippen LogP contribution < -0.4 is 21.7 Å². The van der Waals surface area contributed by atoms with Crippen LogP contribution in [-0.4, -0.2) is 24.4 Å². The molecule has 5 N–H and O–H groups in total. The smallest absolute Gasteiger partial charge is 0.316 e. The van der Waals surface area contributed by atoms with Gasteiger partial charge < -0.3 is 21.7 Å². The predicted octanol–water partition coefficient (Wildman–Crippen LogP) is 1.86. The normalized spacial score (nSPS) is 9.92. The molecule has 130 valence electrons. The van der Waals surface area contributed by atoms with Crippen molar-refractivity contribution in [1.29, 1.82) is 0 Å². The van der Waals surface area contributed by atoms with Crippen LogP contribution in [-0.2, 0) is 16.0 Å². The summed E-state index contributed by atoms with van der Waals surface area (Å²) in [6, 6.07) is 15.3. The van der Waals surface area contributed by atoms with Crippen molar-refractivity contribution in [1.82, 2.24) is 5.32 Å². The summed E-state index contributed by atoms with van der Waals surface area (Å²) in [5.41, 5.74) is 7.08. The molecule has 0 aliphatic rings. The van der Waals surface area contributed by atoms with E-state index in [0.717, 1.165) is 5.56 Å². The van der Waals surface area contributed by atoms with Crippen LogP contribution in [0.25, 0.3) is 0 Å². The summed E-state index contributed by atoms with van der Waals surface area (Å²) in [4.78, 5) is 34.4. The van der Waals surface area contributed by atoms with E-state index >= 15 is 0 Å². The summed E-state index contributed by atoms with van der Waals surface area (Å²) >= 11 is 0. The second kappa shape index (κ2) is 9.07. The van der Waals surface area contributed by atoms with Gasteiger partial charge in [0, 0.05) is 24.3 Å². The van der Waals surface area contributed by atoms with Gasteiger partial charge in [0.25, 0.3) is 0 Å². The maximum absolute atomic E-state index is 11.9. The highest BCUT2D eigenvalue weighted by molar-refractivity contribution is 5.92. The molecule has 2 aromatic carbocycles. The summed E-state index contributed by atoms with van der Waals surface area (Å²) in [7, 11) is 0. The third-order valence-electron chi connectivity index (χ3n) is 3.32. The van der Waals surface area contributed by atoms with E-state index in [4.69, 9.17) is 5.73 Å². The van der Waals surface area contributed by atoms with Crippen molar-refractivity contribution in [2.75, 3.05) is 17.2 Å². The zero-order valence-electron chi connectivity index (χ0n) is 13.6. The first kappa shape index (κ1) is 18.0. The van der Waals surface area contributed by atoms with Gasteiger partial charge in [0.15, 0.2) is 0 Å². The number of carbonyl (C=O) groups excluding carboxylic acids is 3. The van der Waals surface area contributed by atoms with Gasteiger partial charge in [-0.15, -0.1) is 0 Å². The van der Waals surface area contributed by atoms with Crippen LogP contribution in [0.15, 0.2) is 54.6 Å². The molecule has 0 fully saturated rings. The van der Waals surface area contributed by atoms with Gasteiger partial charge in [-0.1, -0.05) is 30.3 Å². The van der Waals surface area contributed by atoms with Gasteiger partial charge in [-0.2, -0.15) is 0 Å². The van der Waals surface area contributed by atoms with Crippen molar-refractivity contribution in [2.24, 2.45) is 5.73 Å². The Morgan fingerprint density at radius 2 is 1.40 bits per heavy atom. The predicted molar refractivity (Wildman–Crippen MR) is 96.1 cm³/mol. The number of amides is 4. The van der Waals surface area contributed by atoms with E-state index in [1.165, 1.54) is 0 Å². The molecular weight excluding hydrogens is 320 g/mol. The second-order valence-electron chi connectivity index (χ2n) is 5.38. The van der Waals surface area contributed by atoms with E-state index in [1.54, 1.807) is 24.3 Å². The van der Waals surface area contributed by atoms with Gasteiger partial charge in [0.2, 0.25) is 11.8 Å². The number of carbonyl (C=O) groups is 3. The summed E-state index contributed by atoms with van der Waals surface area (Å²) in [6.45, 7) is 0.263. The van der Waals surface area contributed by atoms with Gasteiger partial charge in [0.05, 0.1) is 6.42 Å². The second-order valence-corrected chi connectivity index (χ2v) is 5.38. The van der Waals surface area contributed by atoms with Crippen LogP contribution in [0.5, 0.6) is 0 Å². The Labute approximate surface area is 145 Å². The number of benzene rings is 2. The summed E-state index contributed by atoms with van der Waals surface area (Å²) in [5, 5.41) is 7.86. The first-order valence-electron chi connectivity index (χ1n) is 7.80. The molecule has 0 saturated heterocycles. The molecule has 25 heavy (non-hydrogen) atoms. The number of hydrogen-bond acceptors (Lipinski definition) is 3. The maximum Gasteiger partial charge on any atom is 0.316 e. The monoisotopic (exact) mass is 340 g/mol. The third kappa shape index (κ3) is 6.74. The van der Waals surface area contributed by atoms with E-state index in [-0.39, 0.29) is 31.2 Å². The average Bonchev–Trinajstić information content (AvgIpc) is 2.57. The van der Waals surface area contributed by atoms with Gasteiger partial charge in [0.1, 0.15) is 0 Å².